The number of aryl methyl sites for hydroxylation is 1. The van der Waals surface area contributed by atoms with Crippen LogP contribution in [0.5, 0.6) is 5.75 Å². The molecule has 2 rings (SSSR count). The van der Waals surface area contributed by atoms with Gasteiger partial charge < -0.3 is 9.84 Å². The van der Waals surface area contributed by atoms with Crippen LogP contribution in [-0.2, 0) is 12.8 Å². The molecular weight excluding hydrogens is 232 g/mol. The Morgan fingerprint density at radius 1 is 1.35 bits per heavy atom. The molecule has 1 aliphatic carbocycles. The van der Waals surface area contributed by atoms with Crippen LogP contribution in [0.2, 0.25) is 0 Å². The number of rotatable bonds is 5. The van der Waals surface area contributed by atoms with Gasteiger partial charge in [-0.2, -0.15) is 0 Å². The molecule has 0 saturated heterocycles. The molecule has 0 bridgehead atoms. The van der Waals surface area contributed by atoms with Crippen LogP contribution >= 0.6 is 11.8 Å². The Morgan fingerprint density at radius 3 is 2.53 bits per heavy atom. The minimum atomic E-state index is -0.462. The van der Waals surface area contributed by atoms with E-state index < -0.39 is 5.60 Å². The van der Waals surface area contributed by atoms with Gasteiger partial charge >= 0.3 is 0 Å². The van der Waals surface area contributed by atoms with Gasteiger partial charge in [-0.15, -0.1) is 11.8 Å². The highest BCUT2D eigenvalue weighted by molar-refractivity contribution is 7.98. The van der Waals surface area contributed by atoms with Crippen LogP contribution in [0.4, 0.5) is 0 Å². The molecule has 1 saturated carbocycles. The van der Waals surface area contributed by atoms with E-state index in [4.69, 9.17) is 4.74 Å². The molecule has 1 N–H and O–H groups in total. The van der Waals surface area contributed by atoms with Crippen LogP contribution in [-0.4, -0.2) is 24.1 Å². The lowest BCUT2D eigenvalue weighted by Gasteiger charge is -2.16. The van der Waals surface area contributed by atoms with Crippen molar-refractivity contribution in [3.8, 4) is 5.75 Å². The summed E-state index contributed by atoms with van der Waals surface area (Å²) in [5.74, 6) is 0.917. The zero-order chi connectivity index (χ0) is 12.5. The molecule has 0 radical (unpaired) electrons. The van der Waals surface area contributed by atoms with Gasteiger partial charge in [-0.1, -0.05) is 6.92 Å². The van der Waals surface area contributed by atoms with Gasteiger partial charge in [0.05, 0.1) is 12.7 Å². The van der Waals surface area contributed by atoms with E-state index >= 15 is 0 Å². The van der Waals surface area contributed by atoms with E-state index in [2.05, 4.69) is 25.3 Å². The fourth-order valence-electron chi connectivity index (χ4n) is 2.11. The van der Waals surface area contributed by atoms with Crippen LogP contribution in [0, 0.1) is 0 Å². The van der Waals surface area contributed by atoms with Gasteiger partial charge in [0.25, 0.3) is 0 Å². The molecule has 1 aromatic rings. The Balaban J connectivity index is 2.35. The van der Waals surface area contributed by atoms with E-state index in [1.165, 1.54) is 10.5 Å². The van der Waals surface area contributed by atoms with Crippen molar-refractivity contribution in [1.29, 1.82) is 0 Å². The summed E-state index contributed by atoms with van der Waals surface area (Å²) in [4.78, 5) is 1.30. The molecular formula is C14H20O2S. The first kappa shape index (κ1) is 12.8. The van der Waals surface area contributed by atoms with Crippen molar-refractivity contribution in [3.63, 3.8) is 0 Å². The molecule has 0 unspecified atom stereocenters. The fraction of sp³-hybridized carbons (Fsp3) is 0.571. The first-order valence-electron chi connectivity index (χ1n) is 6.08. The number of thioether (sulfide) groups is 1. The maximum Gasteiger partial charge on any atom is 0.122 e. The molecule has 1 aromatic carbocycles. The highest BCUT2D eigenvalue weighted by Gasteiger charge is 2.40. The SMILES string of the molecule is CCc1cc(OC)c(CC2(O)CC2)cc1SC. The molecule has 0 amide bonds. The van der Waals surface area contributed by atoms with Crippen LogP contribution < -0.4 is 4.74 Å². The van der Waals surface area contributed by atoms with E-state index in [0.29, 0.717) is 6.42 Å². The molecule has 94 valence electrons. The van der Waals surface area contributed by atoms with Crippen molar-refractivity contribution < 1.29 is 9.84 Å². The van der Waals surface area contributed by atoms with Crippen LogP contribution in [0.3, 0.4) is 0 Å². The second-order valence-corrected chi connectivity index (χ2v) is 5.58. The highest BCUT2D eigenvalue weighted by atomic mass is 32.2. The molecule has 17 heavy (non-hydrogen) atoms. The Bertz CT molecular complexity index is 411. The van der Waals surface area contributed by atoms with Crippen molar-refractivity contribution in [2.45, 2.75) is 43.1 Å². The molecule has 0 atom stereocenters. The predicted molar refractivity (Wildman–Crippen MR) is 72.0 cm³/mol. The standard InChI is InChI=1S/C14H20O2S/c1-4-10-7-12(16-2)11(8-13(10)17-3)9-14(15)5-6-14/h7-8,15H,4-6,9H2,1-3H3. The second kappa shape index (κ2) is 4.91. The van der Waals surface area contributed by atoms with E-state index in [0.717, 1.165) is 30.6 Å². The lowest BCUT2D eigenvalue weighted by molar-refractivity contribution is 0.150. The van der Waals surface area contributed by atoms with Gasteiger partial charge in [-0.05, 0) is 48.8 Å². The lowest BCUT2D eigenvalue weighted by Crippen LogP contribution is -2.12. The number of hydrogen-bond donors (Lipinski definition) is 1. The lowest BCUT2D eigenvalue weighted by atomic mass is 10.0. The molecule has 3 heteroatoms. The summed E-state index contributed by atoms with van der Waals surface area (Å²) in [6.07, 6.45) is 5.65. The summed E-state index contributed by atoms with van der Waals surface area (Å²) in [5.41, 5.74) is 1.99. The average molecular weight is 252 g/mol. The summed E-state index contributed by atoms with van der Waals surface area (Å²) in [7, 11) is 1.70. The van der Waals surface area contributed by atoms with Gasteiger partial charge in [0.2, 0.25) is 0 Å². The van der Waals surface area contributed by atoms with Crippen LogP contribution in [0.15, 0.2) is 17.0 Å². The molecule has 0 aliphatic heterocycles. The van der Waals surface area contributed by atoms with Crippen molar-refractivity contribution in [1.82, 2.24) is 0 Å². The molecule has 0 spiro atoms. The van der Waals surface area contributed by atoms with E-state index in [-0.39, 0.29) is 0 Å². The molecule has 1 fully saturated rings. The van der Waals surface area contributed by atoms with Gasteiger partial charge in [0, 0.05) is 11.3 Å². The Kier molecular flexibility index (Phi) is 3.69. The Hall–Kier alpha value is -0.670. The van der Waals surface area contributed by atoms with E-state index in [1.807, 2.05) is 0 Å². The van der Waals surface area contributed by atoms with Crippen molar-refractivity contribution >= 4 is 11.8 Å². The third kappa shape index (κ3) is 2.78. The molecule has 2 nitrogen and oxygen atoms in total. The van der Waals surface area contributed by atoms with Crippen LogP contribution in [0.1, 0.15) is 30.9 Å². The number of hydrogen-bond acceptors (Lipinski definition) is 3. The zero-order valence-corrected chi connectivity index (χ0v) is 11.6. The molecule has 0 heterocycles. The highest BCUT2D eigenvalue weighted by Crippen LogP contribution is 2.41. The van der Waals surface area contributed by atoms with Crippen molar-refractivity contribution in [3.05, 3.63) is 23.3 Å². The number of methoxy groups -OCH3 is 1. The molecule has 0 aromatic heterocycles. The first-order valence-corrected chi connectivity index (χ1v) is 7.30. The number of benzene rings is 1. The average Bonchev–Trinajstić information content (AvgIpc) is 3.06. The first-order chi connectivity index (χ1) is 8.11. The fourth-order valence-corrected chi connectivity index (χ4v) is 2.84. The summed E-state index contributed by atoms with van der Waals surface area (Å²) >= 11 is 1.76. The topological polar surface area (TPSA) is 29.5 Å². The third-order valence-corrected chi connectivity index (χ3v) is 4.23. The summed E-state index contributed by atoms with van der Waals surface area (Å²) in [6.45, 7) is 2.16. The minimum Gasteiger partial charge on any atom is -0.496 e. The Morgan fingerprint density at radius 2 is 2.06 bits per heavy atom. The predicted octanol–water partition coefficient (Wildman–Crippen LogP) is 3.05. The number of aliphatic hydroxyl groups is 1. The van der Waals surface area contributed by atoms with Gasteiger partial charge in [0.15, 0.2) is 0 Å². The normalized spacial score (nSPS) is 16.9. The second-order valence-electron chi connectivity index (χ2n) is 4.73. The van der Waals surface area contributed by atoms with Crippen LogP contribution in [0.25, 0.3) is 0 Å². The minimum absolute atomic E-state index is 0.462. The maximum atomic E-state index is 10.0. The quantitative estimate of drug-likeness (QED) is 0.817. The van der Waals surface area contributed by atoms with Crippen molar-refractivity contribution in [2.24, 2.45) is 0 Å². The summed E-state index contributed by atoms with van der Waals surface area (Å²) in [6, 6.07) is 4.30. The van der Waals surface area contributed by atoms with Crippen molar-refractivity contribution in [2.75, 3.05) is 13.4 Å². The zero-order valence-electron chi connectivity index (χ0n) is 10.7. The largest absolute Gasteiger partial charge is 0.496 e. The monoisotopic (exact) mass is 252 g/mol. The number of ether oxygens (including phenoxy) is 1. The van der Waals surface area contributed by atoms with Gasteiger partial charge in [0.1, 0.15) is 5.75 Å². The third-order valence-electron chi connectivity index (χ3n) is 3.41. The van der Waals surface area contributed by atoms with E-state index in [9.17, 15) is 5.11 Å². The maximum absolute atomic E-state index is 10.0. The van der Waals surface area contributed by atoms with Gasteiger partial charge in [-0.25, -0.2) is 0 Å². The molecule has 1 aliphatic rings. The van der Waals surface area contributed by atoms with E-state index in [1.54, 1.807) is 18.9 Å². The summed E-state index contributed by atoms with van der Waals surface area (Å²) < 4.78 is 5.44. The smallest absolute Gasteiger partial charge is 0.122 e. The Labute approximate surface area is 107 Å². The summed E-state index contributed by atoms with van der Waals surface area (Å²) in [5, 5.41) is 10.0. The van der Waals surface area contributed by atoms with Gasteiger partial charge in [-0.3, -0.25) is 0 Å².